The Morgan fingerprint density at radius 3 is 2.78 bits per heavy atom. The Balaban J connectivity index is 1.87. The Labute approximate surface area is 122 Å². The molecule has 1 aliphatic rings. The molecule has 0 radical (unpaired) electrons. The lowest BCUT2D eigenvalue weighted by Gasteiger charge is -2.27. The third-order valence-electron chi connectivity index (χ3n) is 3.78. The molecule has 1 fully saturated rings. The van der Waals surface area contributed by atoms with E-state index in [4.69, 9.17) is 10.5 Å². The predicted molar refractivity (Wildman–Crippen MR) is 80.9 cm³/mol. The molecule has 1 heterocycles. The minimum atomic E-state index is 0.0615. The number of thiophene rings is 1. The van der Waals surface area contributed by atoms with Crippen LogP contribution < -0.4 is 5.73 Å². The van der Waals surface area contributed by atoms with Gasteiger partial charge in [0, 0.05) is 17.5 Å². The Hall–Kier alpha value is 0.1000. The second kappa shape index (κ2) is 7.04. The highest BCUT2D eigenvalue weighted by Crippen LogP contribution is 2.33. The van der Waals surface area contributed by atoms with E-state index in [-0.39, 0.29) is 12.1 Å². The molecule has 0 bridgehead atoms. The van der Waals surface area contributed by atoms with Gasteiger partial charge in [-0.3, -0.25) is 0 Å². The average Bonchev–Trinajstić information content (AvgIpc) is 2.72. The van der Waals surface area contributed by atoms with Gasteiger partial charge in [0.1, 0.15) is 6.10 Å². The molecule has 0 saturated heterocycles. The summed E-state index contributed by atoms with van der Waals surface area (Å²) in [7, 11) is 0. The minimum absolute atomic E-state index is 0.0615. The molecule has 0 amide bonds. The first-order valence-corrected chi connectivity index (χ1v) is 8.44. The van der Waals surface area contributed by atoms with Crippen molar-refractivity contribution in [1.82, 2.24) is 0 Å². The van der Waals surface area contributed by atoms with Crippen LogP contribution in [0.2, 0.25) is 0 Å². The van der Waals surface area contributed by atoms with Crippen molar-refractivity contribution in [3.05, 3.63) is 20.8 Å². The van der Waals surface area contributed by atoms with E-state index in [1.807, 2.05) is 0 Å². The highest BCUT2D eigenvalue weighted by molar-refractivity contribution is 9.11. The quantitative estimate of drug-likeness (QED) is 0.798. The summed E-state index contributed by atoms with van der Waals surface area (Å²) in [5.74, 6) is 0.901. The normalized spacial score (nSPS) is 19.5. The van der Waals surface area contributed by atoms with Gasteiger partial charge >= 0.3 is 0 Å². The topological polar surface area (TPSA) is 35.2 Å². The van der Waals surface area contributed by atoms with E-state index in [1.54, 1.807) is 11.3 Å². The smallest absolute Gasteiger partial charge is 0.107 e. The third kappa shape index (κ3) is 3.80. The van der Waals surface area contributed by atoms with Crippen molar-refractivity contribution in [3.8, 4) is 0 Å². The SMILES string of the molecule is CCC(N)C(OCCC1CCC1)c1ccc(Br)s1. The highest BCUT2D eigenvalue weighted by Gasteiger charge is 2.22. The van der Waals surface area contributed by atoms with Crippen molar-refractivity contribution in [1.29, 1.82) is 0 Å². The summed E-state index contributed by atoms with van der Waals surface area (Å²) in [4.78, 5) is 1.24. The van der Waals surface area contributed by atoms with Gasteiger partial charge in [0.05, 0.1) is 3.79 Å². The van der Waals surface area contributed by atoms with Gasteiger partial charge in [0.25, 0.3) is 0 Å². The lowest BCUT2D eigenvalue weighted by atomic mass is 9.83. The maximum absolute atomic E-state index is 6.19. The lowest BCUT2D eigenvalue weighted by Crippen LogP contribution is -2.29. The number of ether oxygens (including phenoxy) is 1. The Bertz CT molecular complexity index is 364. The van der Waals surface area contributed by atoms with Gasteiger partial charge < -0.3 is 10.5 Å². The Morgan fingerprint density at radius 1 is 1.50 bits per heavy atom. The van der Waals surface area contributed by atoms with Crippen molar-refractivity contribution in [3.63, 3.8) is 0 Å². The molecule has 2 nitrogen and oxygen atoms in total. The molecule has 102 valence electrons. The maximum Gasteiger partial charge on any atom is 0.107 e. The van der Waals surface area contributed by atoms with E-state index >= 15 is 0 Å². The average molecular weight is 332 g/mol. The number of hydrogen-bond donors (Lipinski definition) is 1. The first-order chi connectivity index (χ1) is 8.70. The van der Waals surface area contributed by atoms with Crippen LogP contribution in [0.1, 0.15) is 50.0 Å². The summed E-state index contributed by atoms with van der Waals surface area (Å²) in [5, 5.41) is 0. The molecule has 2 N–H and O–H groups in total. The van der Waals surface area contributed by atoms with Crippen LogP contribution in [0.15, 0.2) is 15.9 Å². The van der Waals surface area contributed by atoms with Crippen LogP contribution in [0.3, 0.4) is 0 Å². The van der Waals surface area contributed by atoms with Gasteiger partial charge in [-0.2, -0.15) is 0 Å². The molecule has 0 aromatic carbocycles. The largest absolute Gasteiger partial charge is 0.371 e. The lowest BCUT2D eigenvalue weighted by molar-refractivity contribution is 0.0225. The molecule has 4 heteroatoms. The van der Waals surface area contributed by atoms with E-state index in [0.717, 1.165) is 22.7 Å². The van der Waals surface area contributed by atoms with Gasteiger partial charge in [0.15, 0.2) is 0 Å². The van der Waals surface area contributed by atoms with Gasteiger partial charge in [-0.1, -0.05) is 26.2 Å². The summed E-state index contributed by atoms with van der Waals surface area (Å²) in [5.41, 5.74) is 6.19. The molecule has 0 aliphatic heterocycles. The summed E-state index contributed by atoms with van der Waals surface area (Å²) in [6, 6.07) is 4.29. The second-order valence-electron chi connectivity index (χ2n) is 5.09. The van der Waals surface area contributed by atoms with Crippen LogP contribution in [-0.2, 0) is 4.74 Å². The summed E-state index contributed by atoms with van der Waals surface area (Å²) < 4.78 is 7.21. The number of nitrogens with two attached hydrogens (primary N) is 1. The molecule has 1 saturated carbocycles. The Kier molecular flexibility index (Phi) is 5.67. The van der Waals surface area contributed by atoms with Crippen LogP contribution in [0.25, 0.3) is 0 Å². The van der Waals surface area contributed by atoms with Crippen molar-refractivity contribution in [2.24, 2.45) is 11.7 Å². The minimum Gasteiger partial charge on any atom is -0.371 e. The fourth-order valence-corrected chi connectivity index (χ4v) is 3.80. The molecule has 2 rings (SSSR count). The van der Waals surface area contributed by atoms with Gasteiger partial charge in [-0.05, 0) is 46.8 Å². The van der Waals surface area contributed by atoms with E-state index < -0.39 is 0 Å². The van der Waals surface area contributed by atoms with Crippen LogP contribution in [0, 0.1) is 5.92 Å². The molecule has 1 aromatic heterocycles. The zero-order valence-electron chi connectivity index (χ0n) is 10.9. The molecule has 18 heavy (non-hydrogen) atoms. The van der Waals surface area contributed by atoms with Gasteiger partial charge in [0.2, 0.25) is 0 Å². The Morgan fingerprint density at radius 2 is 2.28 bits per heavy atom. The fourth-order valence-electron chi connectivity index (χ4n) is 2.26. The maximum atomic E-state index is 6.19. The molecule has 2 unspecified atom stereocenters. The molecule has 1 aromatic rings. The van der Waals surface area contributed by atoms with Gasteiger partial charge in [-0.15, -0.1) is 11.3 Å². The monoisotopic (exact) mass is 331 g/mol. The highest BCUT2D eigenvalue weighted by atomic mass is 79.9. The molecule has 2 atom stereocenters. The zero-order chi connectivity index (χ0) is 13.0. The van der Waals surface area contributed by atoms with Crippen LogP contribution >= 0.6 is 27.3 Å². The van der Waals surface area contributed by atoms with E-state index in [0.29, 0.717) is 0 Å². The summed E-state index contributed by atoms with van der Waals surface area (Å²) >= 11 is 5.24. The predicted octanol–water partition coefficient (Wildman–Crippen LogP) is 4.50. The van der Waals surface area contributed by atoms with Gasteiger partial charge in [-0.25, -0.2) is 0 Å². The first-order valence-electron chi connectivity index (χ1n) is 6.83. The molecular weight excluding hydrogens is 310 g/mol. The van der Waals surface area contributed by atoms with Crippen LogP contribution in [0.5, 0.6) is 0 Å². The van der Waals surface area contributed by atoms with E-state index in [9.17, 15) is 0 Å². The molecule has 1 aliphatic carbocycles. The first kappa shape index (κ1) is 14.5. The zero-order valence-corrected chi connectivity index (χ0v) is 13.3. The van der Waals surface area contributed by atoms with E-state index in [2.05, 4.69) is 35.0 Å². The molecule has 0 spiro atoms. The van der Waals surface area contributed by atoms with Crippen LogP contribution in [0.4, 0.5) is 0 Å². The molecular formula is C14H22BrNOS. The summed E-state index contributed by atoms with van der Waals surface area (Å²) in [6.45, 7) is 2.97. The van der Waals surface area contributed by atoms with Crippen molar-refractivity contribution in [2.45, 2.75) is 51.2 Å². The van der Waals surface area contributed by atoms with E-state index in [1.165, 1.54) is 30.6 Å². The number of hydrogen-bond acceptors (Lipinski definition) is 3. The number of rotatable bonds is 7. The second-order valence-corrected chi connectivity index (χ2v) is 7.59. The van der Waals surface area contributed by atoms with Crippen LogP contribution in [-0.4, -0.2) is 12.6 Å². The third-order valence-corrected chi connectivity index (χ3v) is 5.47. The van der Waals surface area contributed by atoms with Crippen molar-refractivity contribution >= 4 is 27.3 Å². The standard InChI is InChI=1S/C14H22BrNOS/c1-2-11(16)14(12-6-7-13(15)18-12)17-9-8-10-4-3-5-10/h6-7,10-11,14H,2-5,8-9,16H2,1H3. The fraction of sp³-hybridized carbons (Fsp3) is 0.714. The van der Waals surface area contributed by atoms with Crippen molar-refractivity contribution < 1.29 is 4.74 Å². The van der Waals surface area contributed by atoms with Crippen molar-refractivity contribution in [2.75, 3.05) is 6.61 Å². The number of halogens is 1. The summed E-state index contributed by atoms with van der Waals surface area (Å²) in [6.07, 6.45) is 6.38.